The first-order valence-corrected chi connectivity index (χ1v) is 10.5. The van der Waals surface area contributed by atoms with Gasteiger partial charge in [-0.05, 0) is 37.6 Å². The summed E-state index contributed by atoms with van der Waals surface area (Å²) in [4.78, 5) is 32.6. The van der Waals surface area contributed by atoms with Crippen LogP contribution in [0, 0.1) is 6.92 Å². The lowest BCUT2D eigenvalue weighted by atomic mass is 10.1. The molecule has 1 aromatic heterocycles. The van der Waals surface area contributed by atoms with Gasteiger partial charge >= 0.3 is 5.97 Å². The first kappa shape index (κ1) is 20.9. The summed E-state index contributed by atoms with van der Waals surface area (Å²) in [5.74, 6) is -0.655. The second-order valence-corrected chi connectivity index (χ2v) is 8.08. The van der Waals surface area contributed by atoms with Crippen LogP contribution >= 0.6 is 0 Å². The maximum absolute atomic E-state index is 12.9. The predicted molar refractivity (Wildman–Crippen MR) is 123 cm³/mol. The van der Waals surface area contributed by atoms with Crippen LogP contribution in [-0.4, -0.2) is 61.1 Å². The third-order valence-electron chi connectivity index (χ3n) is 5.77. The van der Waals surface area contributed by atoms with Gasteiger partial charge < -0.3 is 19.9 Å². The molecule has 0 spiro atoms. The monoisotopic (exact) mass is 420 g/mol. The summed E-state index contributed by atoms with van der Waals surface area (Å²) < 4.78 is 4.88. The number of H-pyrrole nitrogens is 1. The summed E-state index contributed by atoms with van der Waals surface area (Å²) in [6.45, 7) is 7.00. The number of carbonyl (C=O) groups excluding carboxylic acids is 2. The van der Waals surface area contributed by atoms with Crippen LogP contribution in [-0.2, 0) is 9.53 Å². The van der Waals surface area contributed by atoms with E-state index < -0.39 is 5.97 Å². The van der Waals surface area contributed by atoms with Gasteiger partial charge in [-0.1, -0.05) is 30.3 Å². The number of para-hydroxylation sites is 1. The van der Waals surface area contributed by atoms with Crippen molar-refractivity contribution in [3.63, 3.8) is 0 Å². The number of anilines is 2. The van der Waals surface area contributed by atoms with Crippen molar-refractivity contribution in [1.82, 2.24) is 9.88 Å². The highest BCUT2D eigenvalue weighted by molar-refractivity contribution is 6.11. The molecule has 7 nitrogen and oxygen atoms in total. The van der Waals surface area contributed by atoms with E-state index in [-0.39, 0.29) is 18.1 Å². The van der Waals surface area contributed by atoms with Crippen LogP contribution in [0.2, 0.25) is 0 Å². The number of benzene rings is 2. The highest BCUT2D eigenvalue weighted by Gasteiger charge is 2.26. The lowest BCUT2D eigenvalue weighted by Crippen LogP contribution is -2.53. The summed E-state index contributed by atoms with van der Waals surface area (Å²) in [6.07, 6.45) is 0. The molecule has 3 aromatic rings. The van der Waals surface area contributed by atoms with E-state index in [0.717, 1.165) is 30.5 Å². The summed E-state index contributed by atoms with van der Waals surface area (Å²) in [6, 6.07) is 16.3. The van der Waals surface area contributed by atoms with Crippen LogP contribution in [0.15, 0.2) is 48.5 Å². The average molecular weight is 421 g/mol. The van der Waals surface area contributed by atoms with E-state index in [2.05, 4.69) is 58.2 Å². The van der Waals surface area contributed by atoms with Gasteiger partial charge in [0.15, 0.2) is 0 Å². The summed E-state index contributed by atoms with van der Waals surface area (Å²) in [7, 11) is 1.33. The third kappa shape index (κ3) is 4.41. The van der Waals surface area contributed by atoms with Crippen molar-refractivity contribution in [2.45, 2.75) is 19.9 Å². The molecule has 2 N–H and O–H groups in total. The van der Waals surface area contributed by atoms with E-state index in [0.29, 0.717) is 11.7 Å². The second kappa shape index (κ2) is 8.81. The molecule has 0 radical (unpaired) electrons. The molecule has 2 aromatic carbocycles. The van der Waals surface area contributed by atoms with Crippen molar-refractivity contribution in [3.05, 3.63) is 59.8 Å². The van der Waals surface area contributed by atoms with E-state index >= 15 is 0 Å². The van der Waals surface area contributed by atoms with Crippen molar-refractivity contribution in [2.24, 2.45) is 0 Å². The number of aromatic amines is 1. The van der Waals surface area contributed by atoms with Crippen LogP contribution in [0.25, 0.3) is 10.9 Å². The highest BCUT2D eigenvalue weighted by atomic mass is 16.5. The van der Waals surface area contributed by atoms with Gasteiger partial charge in [-0.3, -0.25) is 9.69 Å². The molecule has 31 heavy (non-hydrogen) atoms. The van der Waals surface area contributed by atoms with Gasteiger partial charge in [-0.25, -0.2) is 4.79 Å². The molecule has 0 unspecified atom stereocenters. The van der Waals surface area contributed by atoms with E-state index in [1.54, 1.807) is 0 Å². The van der Waals surface area contributed by atoms with Crippen LogP contribution in [0.1, 0.15) is 23.0 Å². The molecule has 1 aliphatic rings. The molecule has 7 heteroatoms. The summed E-state index contributed by atoms with van der Waals surface area (Å²) in [5.41, 5.74) is 3.97. The number of aromatic nitrogens is 1. The lowest BCUT2D eigenvalue weighted by Gasteiger charge is -2.41. The maximum atomic E-state index is 12.9. The molecule has 1 saturated heterocycles. The maximum Gasteiger partial charge on any atom is 0.356 e. The number of methoxy groups -OCH3 is 1. The largest absolute Gasteiger partial charge is 0.464 e. The number of carbonyl (C=O) groups is 2. The van der Waals surface area contributed by atoms with Crippen LogP contribution in [0.4, 0.5) is 11.4 Å². The third-order valence-corrected chi connectivity index (χ3v) is 5.77. The van der Waals surface area contributed by atoms with E-state index in [1.807, 2.05) is 24.3 Å². The van der Waals surface area contributed by atoms with Gasteiger partial charge in [-0.2, -0.15) is 0 Å². The predicted octanol–water partition coefficient (Wildman–Crippen LogP) is 3.41. The highest BCUT2D eigenvalue weighted by Crippen LogP contribution is 2.28. The number of esters is 1. The standard InChI is InChI=1S/C24H28N4O3/c1-16-7-6-8-18(13-16)28-12-11-27(14-17(28)2)15-21(29)26-22-19-9-4-5-10-20(19)25-23(22)24(30)31-3/h4-10,13,17,25H,11-12,14-15H2,1-3H3,(H,26,29)/t17-/m1/s1. The molecular formula is C24H28N4O3. The number of aryl methyl sites for hydroxylation is 1. The molecule has 0 bridgehead atoms. The van der Waals surface area contributed by atoms with Gasteiger partial charge in [0.05, 0.1) is 19.3 Å². The molecule has 162 valence electrons. The Kier molecular flexibility index (Phi) is 5.95. The SMILES string of the molecule is COC(=O)c1[nH]c2ccccc2c1NC(=O)CN1CCN(c2cccc(C)c2)[C@H](C)C1. The second-order valence-electron chi connectivity index (χ2n) is 8.08. The fourth-order valence-electron chi connectivity index (χ4n) is 4.28. The van der Waals surface area contributed by atoms with Crippen molar-refractivity contribution in [2.75, 3.05) is 43.5 Å². The molecule has 2 heterocycles. The fourth-order valence-corrected chi connectivity index (χ4v) is 4.28. The van der Waals surface area contributed by atoms with Crippen LogP contribution in [0.5, 0.6) is 0 Å². The zero-order valence-corrected chi connectivity index (χ0v) is 18.1. The Hall–Kier alpha value is -3.32. The molecule has 1 amide bonds. The number of fused-ring (bicyclic) bond motifs is 1. The Balaban J connectivity index is 1.44. The molecule has 1 aliphatic heterocycles. The molecular weight excluding hydrogens is 392 g/mol. The van der Waals surface area contributed by atoms with Gasteiger partial charge in [-0.15, -0.1) is 0 Å². The fraction of sp³-hybridized carbons (Fsp3) is 0.333. The Morgan fingerprint density at radius 3 is 2.71 bits per heavy atom. The number of hydrogen-bond acceptors (Lipinski definition) is 5. The Morgan fingerprint density at radius 2 is 1.97 bits per heavy atom. The van der Waals surface area contributed by atoms with Crippen molar-refractivity contribution < 1.29 is 14.3 Å². The average Bonchev–Trinajstić information content (AvgIpc) is 3.11. The first-order chi connectivity index (χ1) is 15.0. The zero-order chi connectivity index (χ0) is 22.0. The summed E-state index contributed by atoms with van der Waals surface area (Å²) >= 11 is 0. The van der Waals surface area contributed by atoms with Gasteiger partial charge in [0, 0.05) is 42.3 Å². The molecule has 4 rings (SSSR count). The number of hydrogen-bond donors (Lipinski definition) is 2. The minimum absolute atomic E-state index is 0.147. The molecule has 1 atom stereocenters. The number of nitrogens with zero attached hydrogens (tertiary/aromatic N) is 2. The Morgan fingerprint density at radius 1 is 1.16 bits per heavy atom. The van der Waals surface area contributed by atoms with E-state index in [4.69, 9.17) is 4.74 Å². The molecule has 0 saturated carbocycles. The van der Waals surface area contributed by atoms with Crippen molar-refractivity contribution in [3.8, 4) is 0 Å². The molecule has 0 aliphatic carbocycles. The zero-order valence-electron chi connectivity index (χ0n) is 18.1. The number of piperazine rings is 1. The lowest BCUT2D eigenvalue weighted by molar-refractivity contribution is -0.117. The Bertz CT molecular complexity index is 1110. The quantitative estimate of drug-likeness (QED) is 0.619. The van der Waals surface area contributed by atoms with Crippen LogP contribution < -0.4 is 10.2 Å². The minimum atomic E-state index is -0.508. The molecule has 1 fully saturated rings. The number of rotatable bonds is 5. The Labute approximate surface area is 182 Å². The normalized spacial score (nSPS) is 17.0. The van der Waals surface area contributed by atoms with Crippen molar-refractivity contribution in [1.29, 1.82) is 0 Å². The van der Waals surface area contributed by atoms with Gasteiger partial charge in [0.25, 0.3) is 0 Å². The topological polar surface area (TPSA) is 77.7 Å². The minimum Gasteiger partial charge on any atom is -0.464 e. The van der Waals surface area contributed by atoms with Crippen LogP contribution in [0.3, 0.4) is 0 Å². The van der Waals surface area contributed by atoms with E-state index in [9.17, 15) is 9.59 Å². The smallest absolute Gasteiger partial charge is 0.356 e. The summed E-state index contributed by atoms with van der Waals surface area (Å²) in [5, 5.41) is 3.72. The van der Waals surface area contributed by atoms with Gasteiger partial charge in [0.1, 0.15) is 5.69 Å². The first-order valence-electron chi connectivity index (χ1n) is 10.5. The number of amides is 1. The van der Waals surface area contributed by atoms with Gasteiger partial charge in [0.2, 0.25) is 5.91 Å². The number of ether oxygens (including phenoxy) is 1. The van der Waals surface area contributed by atoms with E-state index in [1.165, 1.54) is 18.4 Å². The number of nitrogens with one attached hydrogen (secondary N) is 2. The van der Waals surface area contributed by atoms with Crippen molar-refractivity contribution >= 4 is 34.2 Å².